The predicted octanol–water partition coefficient (Wildman–Crippen LogP) is 3.46. The summed E-state index contributed by atoms with van der Waals surface area (Å²) in [6, 6.07) is 11.1. The summed E-state index contributed by atoms with van der Waals surface area (Å²) in [4.78, 5) is 42.0. The van der Waals surface area contributed by atoms with Crippen LogP contribution < -0.4 is 14.8 Å². The number of hydrogen-bond acceptors (Lipinski definition) is 9. The maximum absolute atomic E-state index is 13.9. The second-order valence-electron chi connectivity index (χ2n) is 10.2. The number of halogens is 1. The molecule has 0 fully saturated rings. The topological polar surface area (TPSA) is 195 Å². The first-order valence-corrected chi connectivity index (χ1v) is 14.6. The van der Waals surface area contributed by atoms with Gasteiger partial charge in [-0.15, -0.1) is 11.6 Å². The Balaban J connectivity index is 1.66. The molecule has 0 aliphatic carbocycles. The SMILES string of the molecule is CN(C)CCOc1ccc2[nH]c(C(=O)N3CC(CCl)(S(N)(=O)=O)c4c3cc([N+](=O)[O-])c3cc([N+](=O)[O-])ccc43)cc2c1. The lowest BCUT2D eigenvalue weighted by Crippen LogP contribution is -2.47. The van der Waals surface area contributed by atoms with Crippen LogP contribution in [0.1, 0.15) is 16.1 Å². The van der Waals surface area contributed by atoms with Crippen LogP contribution in [0.15, 0.2) is 48.5 Å². The summed E-state index contributed by atoms with van der Waals surface area (Å²) in [5.41, 5.74) is -0.448. The fourth-order valence-corrected chi connectivity index (χ4v) is 6.80. The molecule has 1 aliphatic heterocycles. The van der Waals surface area contributed by atoms with Crippen molar-refractivity contribution in [2.75, 3.05) is 44.6 Å². The summed E-state index contributed by atoms with van der Waals surface area (Å²) in [5.74, 6) is -0.693. The minimum Gasteiger partial charge on any atom is -0.492 e. The molecule has 5 rings (SSSR count). The molecule has 1 unspecified atom stereocenters. The number of nitrogens with zero attached hydrogens (tertiary/aromatic N) is 4. The number of hydrogen-bond donors (Lipinski definition) is 2. The maximum Gasteiger partial charge on any atom is 0.279 e. The van der Waals surface area contributed by atoms with Gasteiger partial charge in [-0.3, -0.25) is 25.0 Å². The van der Waals surface area contributed by atoms with Gasteiger partial charge in [-0.2, -0.15) is 0 Å². The molecule has 0 bridgehead atoms. The summed E-state index contributed by atoms with van der Waals surface area (Å²) in [6.45, 7) is 0.609. The summed E-state index contributed by atoms with van der Waals surface area (Å²) in [5, 5.41) is 29.6. The fourth-order valence-electron chi connectivity index (χ4n) is 5.16. The Hall–Kier alpha value is -4.31. The number of nitro benzene ring substituents is 2. The third-order valence-corrected chi connectivity index (χ3v) is 9.46. The van der Waals surface area contributed by atoms with E-state index in [0.29, 0.717) is 29.8 Å². The molecule has 1 amide bonds. The van der Waals surface area contributed by atoms with Crippen molar-refractivity contribution in [1.82, 2.24) is 9.88 Å². The van der Waals surface area contributed by atoms with Gasteiger partial charge in [-0.05, 0) is 49.8 Å². The van der Waals surface area contributed by atoms with Crippen LogP contribution in [0.5, 0.6) is 5.75 Å². The van der Waals surface area contributed by atoms with Gasteiger partial charge in [0.15, 0.2) is 0 Å². The van der Waals surface area contributed by atoms with E-state index in [1.54, 1.807) is 24.3 Å². The molecule has 0 saturated heterocycles. The largest absolute Gasteiger partial charge is 0.492 e. The summed E-state index contributed by atoms with van der Waals surface area (Å²) in [6.07, 6.45) is 0. The van der Waals surface area contributed by atoms with E-state index in [4.69, 9.17) is 21.5 Å². The summed E-state index contributed by atoms with van der Waals surface area (Å²) in [7, 11) is -0.693. The molecule has 220 valence electrons. The number of ether oxygens (including phenoxy) is 1. The molecule has 3 N–H and O–H groups in total. The van der Waals surface area contributed by atoms with Crippen LogP contribution in [0.25, 0.3) is 21.7 Å². The van der Waals surface area contributed by atoms with Crippen LogP contribution in [0.3, 0.4) is 0 Å². The van der Waals surface area contributed by atoms with Crippen molar-refractivity contribution < 1.29 is 27.8 Å². The van der Waals surface area contributed by atoms with Crippen molar-refractivity contribution in [2.24, 2.45) is 5.14 Å². The van der Waals surface area contributed by atoms with Gasteiger partial charge < -0.3 is 19.5 Å². The molecular weight excluding hydrogens is 592 g/mol. The van der Waals surface area contributed by atoms with Crippen molar-refractivity contribution in [3.63, 3.8) is 0 Å². The van der Waals surface area contributed by atoms with Crippen molar-refractivity contribution in [3.8, 4) is 5.75 Å². The minimum atomic E-state index is -4.53. The van der Waals surface area contributed by atoms with Gasteiger partial charge in [-0.25, -0.2) is 13.6 Å². The van der Waals surface area contributed by atoms with Crippen LogP contribution in [-0.4, -0.2) is 73.7 Å². The molecule has 42 heavy (non-hydrogen) atoms. The molecule has 0 saturated carbocycles. The monoisotopic (exact) mass is 616 g/mol. The van der Waals surface area contributed by atoms with Gasteiger partial charge in [-0.1, -0.05) is 0 Å². The molecule has 0 radical (unpaired) electrons. The molecule has 2 heterocycles. The van der Waals surface area contributed by atoms with Gasteiger partial charge in [0.1, 0.15) is 22.8 Å². The minimum absolute atomic E-state index is 0.00550. The Kier molecular flexibility index (Phi) is 7.30. The molecule has 4 aromatic rings. The molecule has 14 nitrogen and oxygen atoms in total. The zero-order valence-corrected chi connectivity index (χ0v) is 23.9. The first kappa shape index (κ1) is 29.2. The average Bonchev–Trinajstić information content (AvgIpc) is 3.51. The van der Waals surface area contributed by atoms with E-state index in [-0.39, 0.29) is 27.7 Å². The molecule has 16 heteroatoms. The highest BCUT2D eigenvalue weighted by Gasteiger charge is 2.54. The number of non-ortho nitro benzene ring substituents is 2. The number of nitro groups is 2. The van der Waals surface area contributed by atoms with Crippen molar-refractivity contribution in [3.05, 3.63) is 80.0 Å². The second-order valence-corrected chi connectivity index (χ2v) is 12.3. The van der Waals surface area contributed by atoms with Gasteiger partial charge >= 0.3 is 0 Å². The number of amides is 1. The van der Waals surface area contributed by atoms with Crippen LogP contribution in [0.4, 0.5) is 17.1 Å². The Morgan fingerprint density at radius 3 is 2.48 bits per heavy atom. The van der Waals surface area contributed by atoms with Crippen LogP contribution in [0, 0.1) is 20.2 Å². The highest BCUT2D eigenvalue weighted by atomic mass is 35.5. The number of fused-ring (bicyclic) bond motifs is 4. The number of nitrogens with one attached hydrogen (secondary N) is 1. The smallest absolute Gasteiger partial charge is 0.279 e. The number of nitrogens with two attached hydrogens (primary N) is 1. The van der Waals surface area contributed by atoms with Gasteiger partial charge in [0.25, 0.3) is 17.3 Å². The number of H-pyrrole nitrogens is 1. The lowest BCUT2D eigenvalue weighted by Gasteiger charge is -2.26. The van der Waals surface area contributed by atoms with E-state index in [2.05, 4.69) is 4.98 Å². The van der Waals surface area contributed by atoms with Gasteiger partial charge in [0.05, 0.1) is 27.5 Å². The number of rotatable bonds is 9. The van der Waals surface area contributed by atoms with Crippen LogP contribution in [0.2, 0.25) is 0 Å². The van der Waals surface area contributed by atoms with E-state index in [9.17, 15) is 33.4 Å². The number of sulfonamides is 1. The fraction of sp³-hybridized carbons (Fsp3) is 0.269. The number of alkyl halides is 1. The third-order valence-electron chi connectivity index (χ3n) is 7.28. The maximum atomic E-state index is 13.9. The van der Waals surface area contributed by atoms with Gasteiger partial charge in [0.2, 0.25) is 10.0 Å². The molecule has 1 aliphatic rings. The van der Waals surface area contributed by atoms with E-state index in [0.717, 1.165) is 23.1 Å². The number of anilines is 1. The summed E-state index contributed by atoms with van der Waals surface area (Å²) < 4.78 is 29.9. The number of primary sulfonamides is 1. The highest BCUT2D eigenvalue weighted by molar-refractivity contribution is 7.90. The quantitative estimate of drug-likeness (QED) is 0.161. The van der Waals surface area contributed by atoms with Crippen LogP contribution in [-0.2, 0) is 14.8 Å². The second kappa shape index (κ2) is 10.5. The number of aromatic nitrogens is 1. The lowest BCUT2D eigenvalue weighted by atomic mass is 9.94. The number of carbonyl (C=O) groups is 1. The van der Waals surface area contributed by atoms with E-state index in [1.165, 1.54) is 6.07 Å². The number of aromatic amines is 1. The first-order chi connectivity index (χ1) is 19.8. The Morgan fingerprint density at radius 2 is 1.86 bits per heavy atom. The zero-order valence-electron chi connectivity index (χ0n) is 22.4. The highest BCUT2D eigenvalue weighted by Crippen LogP contribution is 2.51. The number of benzene rings is 3. The molecular formula is C26H25ClN6O8S. The number of carbonyl (C=O) groups excluding carboxylic acids is 1. The van der Waals surface area contributed by atoms with Crippen molar-refractivity contribution in [1.29, 1.82) is 0 Å². The Labute approximate surface area is 243 Å². The Morgan fingerprint density at radius 1 is 1.12 bits per heavy atom. The summed E-state index contributed by atoms with van der Waals surface area (Å²) >= 11 is 6.26. The van der Waals surface area contributed by atoms with Gasteiger partial charge in [0, 0.05) is 47.1 Å². The molecule has 3 aromatic carbocycles. The predicted molar refractivity (Wildman–Crippen MR) is 157 cm³/mol. The standard InChI is InChI=1S/C26H25ClN6O8S/c1-30(2)7-8-41-17-4-6-20-15(9-17)10-21(29-20)25(34)31-14-26(13-27,42(28,39)40)24-18-5-3-16(32(35)36)11-19(18)22(33(37)38)12-23(24)31/h3-6,9-12,29H,7-8,13-14H2,1-2H3,(H2,28,39,40). The lowest BCUT2D eigenvalue weighted by molar-refractivity contribution is -0.386. The molecule has 1 atom stereocenters. The third kappa shape index (κ3) is 4.79. The van der Waals surface area contributed by atoms with E-state index >= 15 is 0 Å². The van der Waals surface area contributed by atoms with Crippen molar-refractivity contribution >= 4 is 66.3 Å². The first-order valence-electron chi connectivity index (χ1n) is 12.5. The van der Waals surface area contributed by atoms with E-state index < -0.39 is 54.3 Å². The molecule has 0 spiro atoms. The zero-order chi connectivity index (χ0) is 30.6. The molecule has 1 aromatic heterocycles. The van der Waals surface area contributed by atoms with Crippen LogP contribution >= 0.6 is 11.6 Å². The Bertz CT molecular complexity index is 1890. The normalized spacial score (nSPS) is 16.7. The average molecular weight is 617 g/mol. The van der Waals surface area contributed by atoms with E-state index in [1.807, 2.05) is 19.0 Å². The van der Waals surface area contributed by atoms with Crippen molar-refractivity contribution in [2.45, 2.75) is 4.75 Å². The number of likely N-dealkylation sites (N-methyl/N-ethyl adjacent to an activating group) is 1.